The number of carbonyl (C=O) groups is 1. The number of hydrogen-bond acceptors (Lipinski definition) is 4. The summed E-state index contributed by atoms with van der Waals surface area (Å²) in [6.07, 6.45) is 2.77. The molecular formula is C20H30FN3O2. The zero-order valence-electron chi connectivity index (χ0n) is 15.8. The number of amides is 1. The number of nitrogens with one attached hydrogen (secondary N) is 1. The Morgan fingerprint density at radius 3 is 2.73 bits per heavy atom. The zero-order chi connectivity index (χ0) is 18.5. The van der Waals surface area contributed by atoms with Gasteiger partial charge in [-0.15, -0.1) is 0 Å². The first-order valence-corrected chi connectivity index (χ1v) is 9.63. The summed E-state index contributed by atoms with van der Waals surface area (Å²) in [5.41, 5.74) is 0.523. The third-order valence-corrected chi connectivity index (χ3v) is 5.24. The molecule has 3 atom stereocenters. The van der Waals surface area contributed by atoms with Gasteiger partial charge in [-0.3, -0.25) is 14.6 Å². The summed E-state index contributed by atoms with van der Waals surface area (Å²) in [7, 11) is 0. The third kappa shape index (κ3) is 5.25. The van der Waals surface area contributed by atoms with Crippen molar-refractivity contribution in [2.45, 2.75) is 51.5 Å². The van der Waals surface area contributed by atoms with E-state index in [2.05, 4.69) is 29.0 Å². The van der Waals surface area contributed by atoms with Gasteiger partial charge in [0.15, 0.2) is 0 Å². The van der Waals surface area contributed by atoms with Gasteiger partial charge in [-0.2, -0.15) is 0 Å². The van der Waals surface area contributed by atoms with E-state index < -0.39 is 0 Å². The van der Waals surface area contributed by atoms with Crippen LogP contribution in [0.1, 0.15) is 32.3 Å². The number of halogens is 1. The molecule has 3 rings (SSSR count). The fourth-order valence-electron chi connectivity index (χ4n) is 4.12. The van der Waals surface area contributed by atoms with Crippen molar-refractivity contribution in [3.8, 4) is 0 Å². The molecule has 144 valence electrons. The first-order chi connectivity index (χ1) is 12.5. The van der Waals surface area contributed by atoms with E-state index in [1.807, 2.05) is 0 Å². The molecule has 2 aliphatic heterocycles. The first kappa shape index (κ1) is 19.3. The Labute approximate surface area is 155 Å². The lowest BCUT2D eigenvalue weighted by Gasteiger charge is -2.38. The molecule has 0 saturated carbocycles. The minimum absolute atomic E-state index is 0.0381. The van der Waals surface area contributed by atoms with Gasteiger partial charge in [0, 0.05) is 37.8 Å². The number of likely N-dealkylation sites (tertiary alicyclic amines) is 1. The van der Waals surface area contributed by atoms with Crippen LogP contribution in [0.25, 0.3) is 0 Å². The lowest BCUT2D eigenvalue weighted by atomic mass is 10.1. The van der Waals surface area contributed by atoms with E-state index >= 15 is 0 Å². The van der Waals surface area contributed by atoms with Crippen LogP contribution in [0.4, 0.5) is 4.39 Å². The fraction of sp³-hybridized carbons (Fsp3) is 0.650. The van der Waals surface area contributed by atoms with Crippen LogP contribution >= 0.6 is 0 Å². The quantitative estimate of drug-likeness (QED) is 0.840. The number of morpholine rings is 1. The van der Waals surface area contributed by atoms with Crippen LogP contribution < -0.4 is 5.32 Å². The Morgan fingerprint density at radius 1 is 1.27 bits per heavy atom. The molecule has 6 heteroatoms. The second-order valence-corrected chi connectivity index (χ2v) is 7.61. The van der Waals surface area contributed by atoms with Crippen molar-refractivity contribution in [1.29, 1.82) is 0 Å². The lowest BCUT2D eigenvalue weighted by Crippen LogP contribution is -2.51. The molecule has 5 nitrogen and oxygen atoms in total. The molecule has 2 aliphatic rings. The van der Waals surface area contributed by atoms with Crippen molar-refractivity contribution in [1.82, 2.24) is 15.1 Å². The average molecular weight is 363 g/mol. The predicted octanol–water partition coefficient (Wildman–Crippen LogP) is 2.02. The maximum Gasteiger partial charge on any atom is 0.234 e. The number of rotatable bonds is 6. The number of hydrogen-bond donors (Lipinski definition) is 1. The van der Waals surface area contributed by atoms with Crippen LogP contribution in [0.5, 0.6) is 0 Å². The summed E-state index contributed by atoms with van der Waals surface area (Å²) in [6.45, 7) is 8.70. The average Bonchev–Trinajstić information content (AvgIpc) is 3.00. The van der Waals surface area contributed by atoms with E-state index in [0.717, 1.165) is 39.0 Å². The molecule has 0 radical (unpaired) electrons. The van der Waals surface area contributed by atoms with E-state index in [1.165, 1.54) is 6.07 Å². The number of ether oxygens (including phenoxy) is 1. The summed E-state index contributed by atoms with van der Waals surface area (Å²) < 4.78 is 19.5. The Morgan fingerprint density at radius 2 is 2.00 bits per heavy atom. The van der Waals surface area contributed by atoms with Crippen molar-refractivity contribution in [3.63, 3.8) is 0 Å². The van der Waals surface area contributed by atoms with E-state index in [0.29, 0.717) is 18.2 Å². The van der Waals surface area contributed by atoms with Crippen LogP contribution in [0.3, 0.4) is 0 Å². The van der Waals surface area contributed by atoms with Gasteiger partial charge in [0.1, 0.15) is 5.82 Å². The molecule has 1 aromatic carbocycles. The maximum absolute atomic E-state index is 13.7. The van der Waals surface area contributed by atoms with Gasteiger partial charge in [0.2, 0.25) is 5.91 Å². The Balaban J connectivity index is 1.47. The van der Waals surface area contributed by atoms with Crippen LogP contribution in [0.15, 0.2) is 24.3 Å². The highest BCUT2D eigenvalue weighted by atomic mass is 19.1. The van der Waals surface area contributed by atoms with Gasteiger partial charge >= 0.3 is 0 Å². The summed E-state index contributed by atoms with van der Waals surface area (Å²) in [5.74, 6) is -0.314. The molecule has 1 aromatic rings. The minimum atomic E-state index is -0.276. The minimum Gasteiger partial charge on any atom is -0.373 e. The van der Waals surface area contributed by atoms with Gasteiger partial charge in [-0.05, 0) is 39.3 Å². The van der Waals surface area contributed by atoms with Gasteiger partial charge in [-0.1, -0.05) is 18.2 Å². The van der Waals surface area contributed by atoms with Gasteiger partial charge in [0.25, 0.3) is 0 Å². The molecule has 1 amide bonds. The highest BCUT2D eigenvalue weighted by molar-refractivity contribution is 5.78. The number of benzene rings is 1. The smallest absolute Gasteiger partial charge is 0.234 e. The molecular weight excluding hydrogens is 333 g/mol. The van der Waals surface area contributed by atoms with Crippen molar-refractivity contribution in [2.24, 2.45) is 0 Å². The van der Waals surface area contributed by atoms with E-state index in [9.17, 15) is 9.18 Å². The van der Waals surface area contributed by atoms with Crippen LogP contribution in [0, 0.1) is 5.82 Å². The summed E-state index contributed by atoms with van der Waals surface area (Å²) in [4.78, 5) is 17.0. The highest BCUT2D eigenvalue weighted by Crippen LogP contribution is 2.20. The van der Waals surface area contributed by atoms with E-state index in [-0.39, 0.29) is 30.5 Å². The van der Waals surface area contributed by atoms with Crippen molar-refractivity contribution < 1.29 is 13.9 Å². The van der Waals surface area contributed by atoms with Crippen LogP contribution in [-0.2, 0) is 16.1 Å². The topological polar surface area (TPSA) is 44.8 Å². The lowest BCUT2D eigenvalue weighted by molar-refractivity contribution is -0.123. The Kier molecular flexibility index (Phi) is 6.62. The molecule has 0 bridgehead atoms. The molecule has 0 aliphatic carbocycles. The zero-order valence-corrected chi connectivity index (χ0v) is 15.8. The van der Waals surface area contributed by atoms with Gasteiger partial charge in [0.05, 0.1) is 18.8 Å². The second-order valence-electron chi connectivity index (χ2n) is 7.61. The van der Waals surface area contributed by atoms with Crippen molar-refractivity contribution in [3.05, 3.63) is 35.6 Å². The standard InChI is InChI=1S/C20H30FN3O2/c1-15-11-23(12-16(2)26-15)13-18-7-5-9-24(18)14-20(25)22-10-17-6-3-4-8-19(17)21/h3-4,6,8,15-16,18H,5,7,9-14H2,1-2H3,(H,22,25)/t15-,16+,18-/m1/s1. The van der Waals surface area contributed by atoms with Crippen molar-refractivity contribution in [2.75, 3.05) is 32.7 Å². The van der Waals surface area contributed by atoms with E-state index in [1.54, 1.807) is 18.2 Å². The fourth-order valence-corrected chi connectivity index (χ4v) is 4.12. The monoisotopic (exact) mass is 363 g/mol. The molecule has 2 fully saturated rings. The Bertz CT molecular complexity index is 602. The molecule has 0 aromatic heterocycles. The van der Waals surface area contributed by atoms with Crippen LogP contribution in [-0.4, -0.2) is 66.7 Å². The SMILES string of the molecule is C[C@@H]1CN(C[C@H]2CCCN2CC(=O)NCc2ccccc2F)C[C@H](C)O1. The summed E-state index contributed by atoms with van der Waals surface area (Å²) in [5, 5.41) is 2.85. The Hall–Kier alpha value is -1.50. The molecule has 1 N–H and O–H groups in total. The number of carbonyl (C=O) groups excluding carboxylic acids is 1. The molecule has 0 unspecified atom stereocenters. The largest absolute Gasteiger partial charge is 0.373 e. The third-order valence-electron chi connectivity index (χ3n) is 5.24. The summed E-state index contributed by atoms with van der Waals surface area (Å²) in [6, 6.07) is 6.97. The van der Waals surface area contributed by atoms with E-state index in [4.69, 9.17) is 4.74 Å². The second kappa shape index (κ2) is 8.93. The molecule has 26 heavy (non-hydrogen) atoms. The van der Waals surface area contributed by atoms with Gasteiger partial charge < -0.3 is 10.1 Å². The first-order valence-electron chi connectivity index (χ1n) is 9.63. The highest BCUT2D eigenvalue weighted by Gasteiger charge is 2.30. The summed E-state index contributed by atoms with van der Waals surface area (Å²) >= 11 is 0. The van der Waals surface area contributed by atoms with Gasteiger partial charge in [-0.25, -0.2) is 4.39 Å². The number of nitrogens with zero attached hydrogens (tertiary/aromatic N) is 2. The predicted molar refractivity (Wildman–Crippen MR) is 99.3 cm³/mol. The molecule has 2 saturated heterocycles. The maximum atomic E-state index is 13.7. The van der Waals surface area contributed by atoms with Crippen LogP contribution in [0.2, 0.25) is 0 Å². The molecule has 2 heterocycles. The normalized spacial score (nSPS) is 27.6. The van der Waals surface area contributed by atoms with Crippen molar-refractivity contribution >= 4 is 5.91 Å². The molecule has 0 spiro atoms.